The van der Waals surface area contributed by atoms with E-state index in [1.807, 2.05) is 48.5 Å². The summed E-state index contributed by atoms with van der Waals surface area (Å²) in [5.41, 5.74) is 1.60. The quantitative estimate of drug-likeness (QED) is 0.629. The SMILES string of the molecule is CN(CC(=O)c1ccccc1)C(=O)[C@H]1O[C@@H]1c1ccccc1. The number of ether oxygens (including phenoxy) is 1. The maximum absolute atomic E-state index is 12.3. The Morgan fingerprint density at radius 1 is 1.00 bits per heavy atom. The molecule has 1 fully saturated rings. The third-order valence-electron chi connectivity index (χ3n) is 3.72. The molecule has 3 rings (SSSR count). The molecule has 1 heterocycles. The van der Waals surface area contributed by atoms with Crippen LogP contribution in [0.15, 0.2) is 60.7 Å². The predicted molar refractivity (Wildman–Crippen MR) is 82.5 cm³/mol. The van der Waals surface area contributed by atoms with Crippen LogP contribution in [0.4, 0.5) is 0 Å². The first kappa shape index (κ1) is 14.5. The molecule has 4 nitrogen and oxygen atoms in total. The fourth-order valence-electron chi connectivity index (χ4n) is 2.42. The van der Waals surface area contributed by atoms with Crippen molar-refractivity contribution in [2.45, 2.75) is 12.2 Å². The van der Waals surface area contributed by atoms with Gasteiger partial charge in [-0.25, -0.2) is 0 Å². The topological polar surface area (TPSA) is 49.9 Å². The normalized spacial score (nSPS) is 19.5. The van der Waals surface area contributed by atoms with Crippen LogP contribution in [0.5, 0.6) is 0 Å². The number of likely N-dealkylation sites (N-methyl/N-ethyl adjacent to an activating group) is 1. The summed E-state index contributed by atoms with van der Waals surface area (Å²) in [6.45, 7) is 0.0597. The van der Waals surface area contributed by atoms with E-state index in [4.69, 9.17) is 4.74 Å². The van der Waals surface area contributed by atoms with Gasteiger partial charge in [0, 0.05) is 12.6 Å². The Kier molecular flexibility index (Phi) is 4.02. The first-order valence-corrected chi connectivity index (χ1v) is 7.20. The second-order valence-electron chi connectivity index (χ2n) is 5.37. The van der Waals surface area contributed by atoms with Gasteiger partial charge in [-0.15, -0.1) is 0 Å². The van der Waals surface area contributed by atoms with Crippen LogP contribution in [0, 0.1) is 0 Å². The van der Waals surface area contributed by atoms with E-state index in [1.165, 1.54) is 4.90 Å². The molecule has 1 saturated heterocycles. The number of amides is 1. The molecular formula is C18H17NO3. The standard InChI is InChI=1S/C18H17NO3/c1-19(12-15(20)13-8-4-2-5-9-13)18(21)17-16(22-17)14-10-6-3-7-11-14/h2-11,16-17H,12H2,1H3/t16-,17+/m1/s1. The summed E-state index contributed by atoms with van der Waals surface area (Å²) in [5, 5.41) is 0. The van der Waals surface area contributed by atoms with Crippen molar-refractivity contribution in [1.29, 1.82) is 0 Å². The number of epoxide rings is 1. The summed E-state index contributed by atoms with van der Waals surface area (Å²) < 4.78 is 5.47. The molecule has 0 bridgehead atoms. The van der Waals surface area contributed by atoms with Gasteiger partial charge >= 0.3 is 0 Å². The predicted octanol–water partition coefficient (Wildman–Crippen LogP) is 2.47. The lowest BCUT2D eigenvalue weighted by atomic mass is 10.1. The second kappa shape index (κ2) is 6.12. The van der Waals surface area contributed by atoms with E-state index in [9.17, 15) is 9.59 Å². The highest BCUT2D eigenvalue weighted by Crippen LogP contribution is 2.39. The van der Waals surface area contributed by atoms with E-state index in [2.05, 4.69) is 0 Å². The zero-order valence-electron chi connectivity index (χ0n) is 12.3. The Balaban J connectivity index is 1.58. The van der Waals surface area contributed by atoms with E-state index in [1.54, 1.807) is 19.2 Å². The van der Waals surface area contributed by atoms with Crippen LogP contribution in [0.3, 0.4) is 0 Å². The lowest BCUT2D eigenvalue weighted by Gasteiger charge is -2.15. The molecule has 112 valence electrons. The molecule has 1 aliphatic heterocycles. The number of benzene rings is 2. The Morgan fingerprint density at radius 2 is 1.59 bits per heavy atom. The number of hydrogen-bond donors (Lipinski definition) is 0. The minimum Gasteiger partial charge on any atom is -0.354 e. The Hall–Kier alpha value is -2.46. The van der Waals surface area contributed by atoms with Crippen LogP contribution >= 0.6 is 0 Å². The fourth-order valence-corrected chi connectivity index (χ4v) is 2.42. The van der Waals surface area contributed by atoms with Gasteiger partial charge in [-0.3, -0.25) is 9.59 Å². The third-order valence-corrected chi connectivity index (χ3v) is 3.72. The number of nitrogens with zero attached hydrogens (tertiary/aromatic N) is 1. The summed E-state index contributed by atoms with van der Waals surface area (Å²) in [4.78, 5) is 25.9. The fraction of sp³-hybridized carbons (Fsp3) is 0.222. The highest BCUT2D eigenvalue weighted by Gasteiger charge is 2.47. The van der Waals surface area contributed by atoms with Gasteiger partial charge in [0.25, 0.3) is 5.91 Å². The van der Waals surface area contributed by atoms with Crippen molar-refractivity contribution in [1.82, 2.24) is 4.90 Å². The smallest absolute Gasteiger partial charge is 0.254 e. The molecule has 0 aliphatic carbocycles. The van der Waals surface area contributed by atoms with Crippen molar-refractivity contribution in [2.75, 3.05) is 13.6 Å². The molecule has 2 aromatic rings. The van der Waals surface area contributed by atoms with Crippen LogP contribution in [0.1, 0.15) is 22.0 Å². The molecule has 2 aromatic carbocycles. The van der Waals surface area contributed by atoms with Gasteiger partial charge in [0.1, 0.15) is 6.10 Å². The number of rotatable bonds is 5. The summed E-state index contributed by atoms with van der Waals surface area (Å²) in [7, 11) is 1.63. The van der Waals surface area contributed by atoms with E-state index in [0.717, 1.165) is 5.56 Å². The average molecular weight is 295 g/mol. The molecule has 0 N–H and O–H groups in total. The van der Waals surface area contributed by atoms with E-state index in [-0.39, 0.29) is 24.3 Å². The van der Waals surface area contributed by atoms with Gasteiger partial charge < -0.3 is 9.64 Å². The van der Waals surface area contributed by atoms with Crippen molar-refractivity contribution >= 4 is 11.7 Å². The number of carbonyl (C=O) groups is 2. The summed E-state index contributed by atoms with van der Waals surface area (Å²) in [6.07, 6.45) is -0.668. The number of Topliss-reactive ketones (excluding diaryl/α,β-unsaturated/α-hetero) is 1. The lowest BCUT2D eigenvalue weighted by Crippen LogP contribution is -2.35. The Labute approximate surface area is 129 Å². The highest BCUT2D eigenvalue weighted by atomic mass is 16.6. The summed E-state index contributed by atoms with van der Waals surface area (Å²) in [6, 6.07) is 18.6. The highest BCUT2D eigenvalue weighted by molar-refractivity contribution is 5.99. The number of ketones is 1. The van der Waals surface area contributed by atoms with E-state index >= 15 is 0 Å². The van der Waals surface area contributed by atoms with Crippen molar-refractivity contribution in [2.24, 2.45) is 0 Å². The molecular weight excluding hydrogens is 278 g/mol. The minimum absolute atomic E-state index is 0.0597. The van der Waals surface area contributed by atoms with Gasteiger partial charge in [-0.1, -0.05) is 60.7 Å². The Morgan fingerprint density at radius 3 is 2.23 bits per heavy atom. The summed E-state index contributed by atoms with van der Waals surface area (Å²) >= 11 is 0. The second-order valence-corrected chi connectivity index (χ2v) is 5.37. The molecule has 4 heteroatoms. The van der Waals surface area contributed by atoms with Crippen LogP contribution in [-0.2, 0) is 9.53 Å². The molecule has 0 radical (unpaired) electrons. The van der Waals surface area contributed by atoms with Crippen molar-refractivity contribution in [3.63, 3.8) is 0 Å². The van der Waals surface area contributed by atoms with Crippen LogP contribution in [-0.4, -0.2) is 36.3 Å². The number of carbonyl (C=O) groups excluding carboxylic acids is 2. The van der Waals surface area contributed by atoms with Crippen LogP contribution in [0.2, 0.25) is 0 Å². The van der Waals surface area contributed by atoms with Gasteiger partial charge in [0.2, 0.25) is 0 Å². The van der Waals surface area contributed by atoms with Crippen LogP contribution < -0.4 is 0 Å². The maximum atomic E-state index is 12.3. The van der Waals surface area contributed by atoms with Gasteiger partial charge in [-0.2, -0.15) is 0 Å². The molecule has 0 aromatic heterocycles. The molecule has 2 atom stereocenters. The van der Waals surface area contributed by atoms with Crippen molar-refractivity contribution in [3.05, 3.63) is 71.8 Å². The Bertz CT molecular complexity index is 669. The van der Waals surface area contributed by atoms with Crippen molar-refractivity contribution in [3.8, 4) is 0 Å². The van der Waals surface area contributed by atoms with Gasteiger partial charge in [0.15, 0.2) is 11.9 Å². The molecule has 1 amide bonds. The lowest BCUT2D eigenvalue weighted by molar-refractivity contribution is -0.130. The third kappa shape index (κ3) is 3.07. The average Bonchev–Trinajstić information content (AvgIpc) is 3.36. The summed E-state index contributed by atoms with van der Waals surface area (Å²) in [5.74, 6) is -0.230. The molecule has 0 unspecified atom stereocenters. The molecule has 1 aliphatic rings. The van der Waals surface area contributed by atoms with E-state index in [0.29, 0.717) is 5.56 Å². The first-order valence-electron chi connectivity index (χ1n) is 7.20. The molecule has 0 saturated carbocycles. The van der Waals surface area contributed by atoms with Crippen molar-refractivity contribution < 1.29 is 14.3 Å². The number of hydrogen-bond acceptors (Lipinski definition) is 3. The van der Waals surface area contributed by atoms with Crippen LogP contribution in [0.25, 0.3) is 0 Å². The van der Waals surface area contributed by atoms with Gasteiger partial charge in [-0.05, 0) is 5.56 Å². The molecule has 22 heavy (non-hydrogen) atoms. The zero-order valence-corrected chi connectivity index (χ0v) is 12.3. The zero-order chi connectivity index (χ0) is 15.5. The monoisotopic (exact) mass is 295 g/mol. The van der Waals surface area contributed by atoms with E-state index < -0.39 is 6.10 Å². The largest absolute Gasteiger partial charge is 0.354 e. The first-order chi connectivity index (χ1) is 10.7. The maximum Gasteiger partial charge on any atom is 0.254 e. The minimum atomic E-state index is -0.476. The van der Waals surface area contributed by atoms with Gasteiger partial charge in [0.05, 0.1) is 6.54 Å². The molecule has 0 spiro atoms.